The Bertz CT molecular complexity index is 708. The van der Waals surface area contributed by atoms with Crippen LogP contribution in [0.5, 0.6) is 5.75 Å². The average molecular weight is 376 g/mol. The smallest absolute Gasteiger partial charge is 0.270 e. The van der Waals surface area contributed by atoms with Gasteiger partial charge >= 0.3 is 0 Å². The molecule has 140 valence electrons. The summed E-state index contributed by atoms with van der Waals surface area (Å²) in [6.07, 6.45) is 7.60. The summed E-state index contributed by atoms with van der Waals surface area (Å²) < 4.78 is 0. The van der Waals surface area contributed by atoms with Crippen molar-refractivity contribution in [3.63, 3.8) is 0 Å². The molecule has 2 N–H and O–H groups in total. The number of hydrogen-bond donors (Lipinski definition) is 2. The monoisotopic (exact) mass is 376 g/mol. The van der Waals surface area contributed by atoms with Crippen molar-refractivity contribution in [1.29, 1.82) is 5.41 Å². The maximum Gasteiger partial charge on any atom is 0.270 e. The SMILES string of the molecule is N=C(N=Cc1cc([N+](=O)[O-])ccc1O)SCC1CCCN2CCCCC12. The molecule has 26 heavy (non-hydrogen) atoms. The van der Waals surface area contributed by atoms with Gasteiger partial charge in [0, 0.05) is 35.7 Å². The van der Waals surface area contributed by atoms with Crippen molar-refractivity contribution in [3.05, 3.63) is 33.9 Å². The second kappa shape index (κ2) is 8.64. The molecule has 1 aromatic rings. The van der Waals surface area contributed by atoms with Crippen LogP contribution in [0.1, 0.15) is 37.7 Å². The molecule has 0 aromatic heterocycles. The van der Waals surface area contributed by atoms with Gasteiger partial charge in [0.1, 0.15) is 5.75 Å². The normalized spacial score (nSPS) is 23.7. The van der Waals surface area contributed by atoms with Crippen molar-refractivity contribution in [2.75, 3.05) is 18.8 Å². The number of phenols is 1. The van der Waals surface area contributed by atoms with Crippen molar-refractivity contribution in [1.82, 2.24) is 4.90 Å². The van der Waals surface area contributed by atoms with Gasteiger partial charge in [0.2, 0.25) is 0 Å². The number of nitrogens with one attached hydrogen (secondary N) is 1. The topological polar surface area (TPSA) is 103 Å². The molecule has 2 aliphatic heterocycles. The summed E-state index contributed by atoms with van der Waals surface area (Å²) in [6, 6.07) is 4.42. The molecule has 2 fully saturated rings. The minimum Gasteiger partial charge on any atom is -0.507 e. The van der Waals surface area contributed by atoms with Crippen molar-refractivity contribution in [2.45, 2.75) is 38.1 Å². The van der Waals surface area contributed by atoms with E-state index in [4.69, 9.17) is 5.41 Å². The van der Waals surface area contributed by atoms with Crippen LogP contribution < -0.4 is 0 Å². The third kappa shape index (κ3) is 4.62. The Morgan fingerprint density at radius 2 is 2.19 bits per heavy atom. The summed E-state index contributed by atoms with van der Waals surface area (Å²) in [5.41, 5.74) is 0.142. The average Bonchev–Trinajstić information content (AvgIpc) is 2.65. The van der Waals surface area contributed by atoms with Gasteiger partial charge in [-0.15, -0.1) is 0 Å². The van der Waals surface area contributed by atoms with E-state index in [0.29, 0.717) is 12.0 Å². The number of non-ortho nitro benzene ring substituents is 1. The largest absolute Gasteiger partial charge is 0.507 e. The number of nitro benzene ring substituents is 1. The summed E-state index contributed by atoms with van der Waals surface area (Å²) in [4.78, 5) is 17.0. The second-order valence-electron chi connectivity index (χ2n) is 6.88. The Morgan fingerprint density at radius 3 is 3.00 bits per heavy atom. The van der Waals surface area contributed by atoms with Gasteiger partial charge in [-0.05, 0) is 50.8 Å². The minimum absolute atomic E-state index is 0.0812. The van der Waals surface area contributed by atoms with Crippen LogP contribution in [0.3, 0.4) is 0 Å². The number of amidine groups is 1. The lowest BCUT2D eigenvalue weighted by Gasteiger charge is -2.44. The highest BCUT2D eigenvalue weighted by molar-refractivity contribution is 8.13. The Kier molecular flexibility index (Phi) is 6.26. The molecule has 0 spiro atoms. The van der Waals surface area contributed by atoms with Crippen LogP contribution in [0.4, 0.5) is 5.69 Å². The molecule has 0 bridgehead atoms. The minimum atomic E-state index is -0.518. The molecular weight excluding hydrogens is 352 g/mol. The maximum absolute atomic E-state index is 10.8. The number of nitro groups is 1. The van der Waals surface area contributed by atoms with Crippen molar-refractivity contribution in [2.24, 2.45) is 10.9 Å². The summed E-state index contributed by atoms with van der Waals surface area (Å²) in [5, 5.41) is 28.8. The molecule has 0 saturated carbocycles. The van der Waals surface area contributed by atoms with Gasteiger partial charge in [0.25, 0.3) is 5.69 Å². The highest BCUT2D eigenvalue weighted by atomic mass is 32.2. The van der Waals surface area contributed by atoms with Crippen LogP contribution in [0.15, 0.2) is 23.2 Å². The van der Waals surface area contributed by atoms with Gasteiger partial charge in [0.15, 0.2) is 5.17 Å². The molecule has 0 amide bonds. The quantitative estimate of drug-likeness (QED) is 0.361. The fraction of sp³-hybridized carbons (Fsp3) is 0.556. The van der Waals surface area contributed by atoms with E-state index in [-0.39, 0.29) is 22.2 Å². The fourth-order valence-corrected chi connectivity index (χ4v) is 4.77. The highest BCUT2D eigenvalue weighted by Gasteiger charge is 2.32. The number of fused-ring (bicyclic) bond motifs is 1. The van der Waals surface area contributed by atoms with Crippen LogP contribution in [-0.4, -0.2) is 51.2 Å². The first-order chi connectivity index (χ1) is 12.5. The summed E-state index contributed by atoms with van der Waals surface area (Å²) in [7, 11) is 0. The molecule has 3 rings (SSSR count). The number of aromatic hydroxyl groups is 1. The van der Waals surface area contributed by atoms with Crippen LogP contribution in [0.25, 0.3) is 0 Å². The molecule has 2 saturated heterocycles. The number of rotatable bonds is 4. The summed E-state index contributed by atoms with van der Waals surface area (Å²) in [6.45, 7) is 2.40. The first-order valence-electron chi connectivity index (χ1n) is 9.01. The Balaban J connectivity index is 1.56. The van der Waals surface area contributed by atoms with Gasteiger partial charge in [-0.2, -0.15) is 0 Å². The zero-order chi connectivity index (χ0) is 18.5. The van der Waals surface area contributed by atoms with E-state index < -0.39 is 4.92 Å². The van der Waals surface area contributed by atoms with Crippen LogP contribution >= 0.6 is 11.8 Å². The first kappa shape index (κ1) is 18.8. The van der Waals surface area contributed by atoms with Crippen LogP contribution in [0.2, 0.25) is 0 Å². The Labute approximate surface area is 157 Å². The van der Waals surface area contributed by atoms with E-state index in [1.165, 1.54) is 81.4 Å². The maximum atomic E-state index is 10.8. The van der Waals surface area contributed by atoms with Crippen molar-refractivity contribution >= 4 is 28.8 Å². The van der Waals surface area contributed by atoms with E-state index in [9.17, 15) is 15.2 Å². The Morgan fingerprint density at radius 1 is 1.38 bits per heavy atom. The molecular formula is C18H24N4O3S. The lowest BCUT2D eigenvalue weighted by atomic mass is 9.85. The zero-order valence-electron chi connectivity index (χ0n) is 14.6. The van der Waals surface area contributed by atoms with Crippen LogP contribution in [0, 0.1) is 21.4 Å². The lowest BCUT2D eigenvalue weighted by molar-refractivity contribution is -0.384. The van der Waals surface area contributed by atoms with Gasteiger partial charge < -0.3 is 10.0 Å². The van der Waals surface area contributed by atoms with Gasteiger partial charge in [-0.25, -0.2) is 4.99 Å². The summed E-state index contributed by atoms with van der Waals surface area (Å²) >= 11 is 1.42. The number of hydrogen-bond acceptors (Lipinski definition) is 6. The van der Waals surface area contributed by atoms with Crippen molar-refractivity contribution < 1.29 is 10.0 Å². The second-order valence-corrected chi connectivity index (χ2v) is 7.88. The third-order valence-corrected chi connectivity index (χ3v) is 6.18. The molecule has 0 aliphatic carbocycles. The van der Waals surface area contributed by atoms with Gasteiger partial charge in [0.05, 0.1) is 4.92 Å². The van der Waals surface area contributed by atoms with Gasteiger partial charge in [-0.1, -0.05) is 18.2 Å². The number of thioether (sulfide) groups is 1. The predicted molar refractivity (Wildman–Crippen MR) is 104 cm³/mol. The van der Waals surface area contributed by atoms with E-state index in [0.717, 1.165) is 5.75 Å². The number of piperidine rings is 2. The lowest BCUT2D eigenvalue weighted by Crippen LogP contribution is -2.48. The number of phenolic OH excluding ortho intramolecular Hbond substituents is 1. The van der Waals surface area contributed by atoms with E-state index in [1.54, 1.807) is 0 Å². The number of nitrogens with zero attached hydrogens (tertiary/aromatic N) is 3. The number of benzene rings is 1. The van der Waals surface area contributed by atoms with Crippen molar-refractivity contribution in [3.8, 4) is 5.75 Å². The van der Waals surface area contributed by atoms with E-state index in [1.807, 2.05) is 0 Å². The molecule has 0 radical (unpaired) electrons. The predicted octanol–water partition coefficient (Wildman–Crippen LogP) is 3.65. The van der Waals surface area contributed by atoms with E-state index >= 15 is 0 Å². The highest BCUT2D eigenvalue weighted by Crippen LogP contribution is 2.33. The molecule has 2 unspecified atom stereocenters. The first-order valence-corrected chi connectivity index (χ1v) is 10.00. The van der Waals surface area contributed by atoms with Crippen LogP contribution in [-0.2, 0) is 0 Å². The molecule has 2 atom stereocenters. The fourth-order valence-electron chi connectivity index (χ4n) is 3.88. The number of aliphatic imine (C=N–C) groups is 1. The molecule has 2 heterocycles. The summed E-state index contributed by atoms with van der Waals surface area (Å²) in [5.74, 6) is 1.39. The molecule has 2 aliphatic rings. The molecule has 1 aromatic carbocycles. The molecule has 8 heteroatoms. The Hall–Kier alpha value is -1.93. The van der Waals surface area contributed by atoms with Gasteiger partial charge in [-0.3, -0.25) is 15.5 Å². The third-order valence-electron chi connectivity index (χ3n) is 5.21. The standard InChI is InChI=1S/C18H24N4O3S/c19-18(20-11-14-10-15(22(24)25)6-7-17(14)23)26-12-13-4-3-9-21-8-2-1-5-16(13)21/h6-7,10-11,13,16,19,23H,1-5,8-9,12H2. The van der Waals surface area contributed by atoms with E-state index in [2.05, 4.69) is 9.89 Å². The molecule has 7 nitrogen and oxygen atoms in total. The zero-order valence-corrected chi connectivity index (χ0v) is 15.5.